The van der Waals surface area contributed by atoms with Crippen molar-refractivity contribution in [2.75, 3.05) is 12.3 Å². The van der Waals surface area contributed by atoms with Gasteiger partial charge in [-0.25, -0.2) is 0 Å². The van der Waals surface area contributed by atoms with E-state index in [1.807, 2.05) is 6.21 Å². The Morgan fingerprint density at radius 1 is 1.24 bits per heavy atom. The van der Waals surface area contributed by atoms with Crippen molar-refractivity contribution >= 4 is 39.6 Å². The van der Waals surface area contributed by atoms with E-state index in [1.165, 1.54) is 0 Å². The van der Waals surface area contributed by atoms with Crippen LogP contribution in [0.25, 0.3) is 0 Å². The molecule has 1 rings (SSSR count). The summed E-state index contributed by atoms with van der Waals surface area (Å²) in [5, 5.41) is 3.93. The van der Waals surface area contributed by atoms with Crippen LogP contribution in [-0.2, 0) is 9.59 Å². The van der Waals surface area contributed by atoms with Crippen LogP contribution in [0.4, 0.5) is 0 Å². The summed E-state index contributed by atoms with van der Waals surface area (Å²) in [6, 6.07) is 0. The van der Waals surface area contributed by atoms with Crippen molar-refractivity contribution in [1.82, 2.24) is 5.32 Å². The number of amides is 2. The molecule has 0 aliphatic carbocycles. The average molecular weight is 329 g/mol. The minimum atomic E-state index is -0.258. The maximum absolute atomic E-state index is 11.6. The minimum absolute atomic E-state index is 0.0825. The fraction of sp³-hybridized carbons (Fsp3) is 0.643. The Labute approximate surface area is 134 Å². The lowest BCUT2D eigenvalue weighted by atomic mass is 10.2. The van der Waals surface area contributed by atoms with Gasteiger partial charge >= 0.3 is 0 Å². The first-order valence-electron chi connectivity index (χ1n) is 7.25. The number of rotatable bonds is 11. The summed E-state index contributed by atoms with van der Waals surface area (Å²) in [6.45, 7) is 0.671. The van der Waals surface area contributed by atoms with Crippen LogP contribution in [0.1, 0.15) is 44.9 Å². The molecule has 0 aromatic carbocycles. The topological polar surface area (TPSA) is 84.5 Å². The first-order chi connectivity index (χ1) is 10.2. The molecule has 0 aromatic rings. The van der Waals surface area contributed by atoms with Crippen molar-refractivity contribution in [3.05, 3.63) is 11.1 Å². The molecule has 0 bridgehead atoms. The molecule has 0 spiro atoms. The molecule has 1 aliphatic heterocycles. The lowest BCUT2D eigenvalue weighted by molar-refractivity contribution is -0.121. The van der Waals surface area contributed by atoms with Gasteiger partial charge in [0.05, 0.1) is 0 Å². The fourth-order valence-corrected chi connectivity index (χ4v) is 3.67. The molecule has 3 N–H and O–H groups in total. The molecule has 0 radical (unpaired) electrons. The number of unbranched alkanes of at least 4 members (excludes halogenated alkanes) is 2. The molecular formula is C14H23N3O2S2. The number of hydrogen-bond donors (Lipinski definition) is 2. The normalized spacial score (nSPS) is 13.8. The number of nitrogens with zero attached hydrogens (tertiary/aromatic N) is 1. The molecule has 7 heteroatoms. The van der Waals surface area contributed by atoms with Gasteiger partial charge in [-0.05, 0) is 36.5 Å². The van der Waals surface area contributed by atoms with Crippen molar-refractivity contribution in [3.63, 3.8) is 0 Å². The highest BCUT2D eigenvalue weighted by Crippen LogP contribution is 2.32. The highest BCUT2D eigenvalue weighted by atomic mass is 33.1. The zero-order valence-electron chi connectivity index (χ0n) is 12.2. The third kappa shape index (κ3) is 10.4. The van der Waals surface area contributed by atoms with E-state index in [2.05, 4.69) is 16.4 Å². The largest absolute Gasteiger partial charge is 0.370 e. The third-order valence-corrected chi connectivity index (χ3v) is 5.11. The molecule has 1 aliphatic rings. The third-order valence-electron chi connectivity index (χ3n) is 2.81. The maximum atomic E-state index is 11.6. The predicted octanol–water partition coefficient (Wildman–Crippen LogP) is 2.63. The van der Waals surface area contributed by atoms with E-state index in [0.717, 1.165) is 42.9 Å². The number of aliphatic imine (C=N–C) groups is 1. The van der Waals surface area contributed by atoms with Gasteiger partial charge in [0.15, 0.2) is 0 Å². The molecule has 0 saturated carbocycles. The van der Waals surface area contributed by atoms with Crippen molar-refractivity contribution in [3.8, 4) is 0 Å². The molecule has 0 unspecified atom stereocenters. The van der Waals surface area contributed by atoms with Gasteiger partial charge < -0.3 is 11.1 Å². The van der Waals surface area contributed by atoms with Crippen LogP contribution in [0.5, 0.6) is 0 Å². The van der Waals surface area contributed by atoms with Gasteiger partial charge in [-0.15, -0.1) is 0 Å². The molecule has 5 nitrogen and oxygen atoms in total. The van der Waals surface area contributed by atoms with Gasteiger partial charge in [0.2, 0.25) is 11.8 Å². The summed E-state index contributed by atoms with van der Waals surface area (Å²) >= 11 is 0. The summed E-state index contributed by atoms with van der Waals surface area (Å²) in [5.74, 6) is 0.607. The Balaban J connectivity index is 1.90. The van der Waals surface area contributed by atoms with E-state index < -0.39 is 0 Å². The van der Waals surface area contributed by atoms with Crippen LogP contribution in [0.2, 0.25) is 0 Å². The van der Waals surface area contributed by atoms with Gasteiger partial charge in [-0.1, -0.05) is 23.3 Å². The summed E-state index contributed by atoms with van der Waals surface area (Å²) < 4.78 is 0. The first-order valence-corrected chi connectivity index (χ1v) is 9.57. The number of allylic oxidation sites excluding steroid dienone is 1. The van der Waals surface area contributed by atoms with Gasteiger partial charge in [-0.3, -0.25) is 14.6 Å². The van der Waals surface area contributed by atoms with Gasteiger partial charge in [-0.2, -0.15) is 0 Å². The molecule has 0 aromatic heterocycles. The zero-order chi connectivity index (χ0) is 15.3. The number of hydrogen-bond acceptors (Lipinski definition) is 5. The van der Waals surface area contributed by atoms with E-state index in [0.29, 0.717) is 19.4 Å². The highest BCUT2D eigenvalue weighted by Gasteiger charge is 2.04. The summed E-state index contributed by atoms with van der Waals surface area (Å²) in [4.78, 5) is 26.4. The summed E-state index contributed by atoms with van der Waals surface area (Å²) in [5.41, 5.74) is 5.05. The maximum Gasteiger partial charge on any atom is 0.220 e. The second-order valence-electron chi connectivity index (χ2n) is 4.71. The second-order valence-corrected chi connectivity index (χ2v) is 7.15. The fourth-order valence-electron chi connectivity index (χ4n) is 1.70. The van der Waals surface area contributed by atoms with E-state index in [1.54, 1.807) is 21.6 Å². The molecule has 0 atom stereocenters. The Morgan fingerprint density at radius 2 is 2.10 bits per heavy atom. The van der Waals surface area contributed by atoms with Gasteiger partial charge in [0, 0.05) is 31.4 Å². The molecule has 118 valence electrons. The van der Waals surface area contributed by atoms with E-state index in [4.69, 9.17) is 5.73 Å². The van der Waals surface area contributed by atoms with Crippen LogP contribution in [0.15, 0.2) is 16.1 Å². The van der Waals surface area contributed by atoms with Crippen molar-refractivity contribution < 1.29 is 9.59 Å². The zero-order valence-corrected chi connectivity index (χ0v) is 13.8. The van der Waals surface area contributed by atoms with Crippen molar-refractivity contribution in [2.45, 2.75) is 44.9 Å². The standard InChI is InChI=1S/C14H23N3O2S2/c15-12(18)6-2-1-4-9-16-13(19)8-11-20-21-14-7-3-5-10-17-14/h7,10H,1-6,8-9,11H2,(H2,15,18)(H,16,19). The quantitative estimate of drug-likeness (QED) is 0.451. The van der Waals surface area contributed by atoms with E-state index in [9.17, 15) is 9.59 Å². The van der Waals surface area contributed by atoms with Gasteiger partial charge in [0.1, 0.15) is 5.03 Å². The Hall–Kier alpha value is -0.950. The van der Waals surface area contributed by atoms with E-state index >= 15 is 0 Å². The van der Waals surface area contributed by atoms with Crippen molar-refractivity contribution in [2.24, 2.45) is 10.7 Å². The lowest BCUT2D eigenvalue weighted by Gasteiger charge is -2.06. The predicted molar refractivity (Wildman–Crippen MR) is 91.1 cm³/mol. The highest BCUT2D eigenvalue weighted by molar-refractivity contribution is 8.78. The number of nitrogens with one attached hydrogen (secondary N) is 1. The lowest BCUT2D eigenvalue weighted by Crippen LogP contribution is -2.24. The van der Waals surface area contributed by atoms with Crippen LogP contribution < -0.4 is 11.1 Å². The monoisotopic (exact) mass is 329 g/mol. The second kappa shape index (κ2) is 11.7. The molecular weight excluding hydrogens is 306 g/mol. The molecule has 21 heavy (non-hydrogen) atoms. The number of carbonyl (C=O) groups is 2. The van der Waals surface area contributed by atoms with Crippen LogP contribution in [0.3, 0.4) is 0 Å². The smallest absolute Gasteiger partial charge is 0.220 e. The Morgan fingerprint density at radius 3 is 2.81 bits per heavy atom. The van der Waals surface area contributed by atoms with E-state index in [-0.39, 0.29) is 11.8 Å². The average Bonchev–Trinajstić information content (AvgIpc) is 2.48. The van der Waals surface area contributed by atoms with Crippen LogP contribution in [-0.4, -0.2) is 30.3 Å². The minimum Gasteiger partial charge on any atom is -0.370 e. The summed E-state index contributed by atoms with van der Waals surface area (Å²) in [6.07, 6.45) is 9.71. The number of carbonyl (C=O) groups excluding carboxylic acids is 2. The van der Waals surface area contributed by atoms with Gasteiger partial charge in [0.25, 0.3) is 0 Å². The van der Waals surface area contributed by atoms with Crippen LogP contribution in [0, 0.1) is 0 Å². The van der Waals surface area contributed by atoms with Crippen molar-refractivity contribution in [1.29, 1.82) is 0 Å². The number of nitrogens with two attached hydrogens (primary N) is 1. The summed E-state index contributed by atoms with van der Waals surface area (Å²) in [7, 11) is 3.29. The SMILES string of the molecule is NC(=O)CCCCCNC(=O)CCSSC1=CCCC=N1. The Kier molecular flexibility index (Phi) is 10.1. The molecule has 0 saturated heterocycles. The molecule has 2 amide bonds. The molecule has 1 heterocycles. The van der Waals surface area contributed by atoms with Crippen LogP contribution >= 0.6 is 21.6 Å². The first kappa shape index (κ1) is 18.1. The molecule has 0 fully saturated rings. The number of primary amides is 1. The Bertz CT molecular complexity index is 398.